The lowest BCUT2D eigenvalue weighted by Gasteiger charge is -2.10. The standard InChI is InChI=1S/C8H15NO2/c1-3-4-5-7-6(2)11-8(10)9-7/h6-7H,3-5H2,1-2H3,(H,9,10)/t6-,7-/m0/s1. The van der Waals surface area contributed by atoms with Crippen LogP contribution in [0.4, 0.5) is 4.79 Å². The van der Waals surface area contributed by atoms with E-state index in [0.717, 1.165) is 12.8 Å². The summed E-state index contributed by atoms with van der Waals surface area (Å²) < 4.78 is 4.92. The Labute approximate surface area is 67.1 Å². The van der Waals surface area contributed by atoms with Crippen LogP contribution in [0.3, 0.4) is 0 Å². The molecule has 0 aromatic heterocycles. The average molecular weight is 157 g/mol. The molecule has 1 rings (SSSR count). The number of unbranched alkanes of at least 4 members (excludes halogenated alkanes) is 1. The summed E-state index contributed by atoms with van der Waals surface area (Å²) in [6.45, 7) is 4.07. The van der Waals surface area contributed by atoms with E-state index in [1.54, 1.807) is 0 Å². The van der Waals surface area contributed by atoms with Gasteiger partial charge in [-0.3, -0.25) is 0 Å². The fraction of sp³-hybridized carbons (Fsp3) is 0.875. The summed E-state index contributed by atoms with van der Waals surface area (Å²) in [5.41, 5.74) is 0. The molecule has 0 aromatic rings. The normalized spacial score (nSPS) is 29.8. The largest absolute Gasteiger partial charge is 0.444 e. The van der Waals surface area contributed by atoms with Gasteiger partial charge in [-0.2, -0.15) is 0 Å². The Kier molecular flexibility index (Phi) is 2.74. The first-order chi connectivity index (χ1) is 5.24. The molecule has 0 saturated carbocycles. The van der Waals surface area contributed by atoms with Crippen LogP contribution in [0, 0.1) is 0 Å². The van der Waals surface area contributed by atoms with Crippen LogP contribution in [0.25, 0.3) is 0 Å². The number of carbonyl (C=O) groups is 1. The molecule has 64 valence electrons. The second kappa shape index (κ2) is 3.60. The van der Waals surface area contributed by atoms with E-state index >= 15 is 0 Å². The molecule has 0 aromatic carbocycles. The topological polar surface area (TPSA) is 38.3 Å². The summed E-state index contributed by atoms with van der Waals surface area (Å²) in [5.74, 6) is 0. The number of amides is 1. The van der Waals surface area contributed by atoms with Crippen molar-refractivity contribution >= 4 is 6.09 Å². The Bertz CT molecular complexity index is 147. The lowest BCUT2D eigenvalue weighted by atomic mass is 10.1. The molecular weight excluding hydrogens is 142 g/mol. The van der Waals surface area contributed by atoms with Gasteiger partial charge in [0.15, 0.2) is 0 Å². The van der Waals surface area contributed by atoms with Crippen LogP contribution in [0.15, 0.2) is 0 Å². The molecule has 1 amide bonds. The van der Waals surface area contributed by atoms with Gasteiger partial charge in [0.2, 0.25) is 0 Å². The van der Waals surface area contributed by atoms with Crippen molar-refractivity contribution in [1.82, 2.24) is 5.32 Å². The second-order valence-electron chi connectivity index (χ2n) is 3.00. The molecule has 0 spiro atoms. The van der Waals surface area contributed by atoms with E-state index in [0.29, 0.717) is 0 Å². The summed E-state index contributed by atoms with van der Waals surface area (Å²) in [4.78, 5) is 10.7. The molecule has 3 nitrogen and oxygen atoms in total. The maximum atomic E-state index is 10.7. The van der Waals surface area contributed by atoms with Crippen molar-refractivity contribution in [3.63, 3.8) is 0 Å². The van der Waals surface area contributed by atoms with Crippen LogP contribution >= 0.6 is 0 Å². The average Bonchev–Trinajstić information content (AvgIpc) is 2.26. The minimum Gasteiger partial charge on any atom is -0.444 e. The van der Waals surface area contributed by atoms with Gasteiger partial charge < -0.3 is 10.1 Å². The molecule has 0 bridgehead atoms. The molecule has 1 N–H and O–H groups in total. The molecule has 3 heteroatoms. The maximum Gasteiger partial charge on any atom is 0.407 e. The number of rotatable bonds is 3. The molecule has 1 heterocycles. The number of cyclic esters (lactones) is 1. The van der Waals surface area contributed by atoms with Crippen molar-refractivity contribution in [2.45, 2.75) is 45.3 Å². The van der Waals surface area contributed by atoms with Crippen LogP contribution in [0.1, 0.15) is 33.1 Å². The molecule has 0 radical (unpaired) electrons. The number of ether oxygens (including phenoxy) is 1. The fourth-order valence-corrected chi connectivity index (χ4v) is 1.28. The van der Waals surface area contributed by atoms with Gasteiger partial charge in [0.1, 0.15) is 6.10 Å². The number of hydrogen-bond acceptors (Lipinski definition) is 2. The zero-order chi connectivity index (χ0) is 8.27. The smallest absolute Gasteiger partial charge is 0.407 e. The SMILES string of the molecule is CCCC[C@@H]1NC(=O)O[C@H]1C. The van der Waals surface area contributed by atoms with E-state index in [2.05, 4.69) is 12.2 Å². The highest BCUT2D eigenvalue weighted by atomic mass is 16.6. The first-order valence-corrected chi connectivity index (χ1v) is 4.21. The monoisotopic (exact) mass is 157 g/mol. The fourth-order valence-electron chi connectivity index (χ4n) is 1.28. The number of hydrogen-bond donors (Lipinski definition) is 1. The minimum atomic E-state index is -0.265. The van der Waals surface area contributed by atoms with Gasteiger partial charge in [-0.25, -0.2) is 4.79 Å². The third-order valence-electron chi connectivity index (χ3n) is 2.03. The van der Waals surface area contributed by atoms with E-state index in [-0.39, 0.29) is 18.2 Å². The molecule has 0 unspecified atom stereocenters. The predicted molar refractivity (Wildman–Crippen MR) is 42.4 cm³/mol. The highest BCUT2D eigenvalue weighted by Crippen LogP contribution is 2.13. The third kappa shape index (κ3) is 2.10. The van der Waals surface area contributed by atoms with E-state index in [1.807, 2.05) is 6.92 Å². The summed E-state index contributed by atoms with van der Waals surface area (Å²) in [6, 6.07) is 0.238. The molecule has 0 aliphatic carbocycles. The molecule has 11 heavy (non-hydrogen) atoms. The van der Waals surface area contributed by atoms with Gasteiger partial charge in [-0.15, -0.1) is 0 Å². The quantitative estimate of drug-likeness (QED) is 0.676. The Hall–Kier alpha value is -0.730. The second-order valence-corrected chi connectivity index (χ2v) is 3.00. The van der Waals surface area contributed by atoms with Crippen molar-refractivity contribution in [2.24, 2.45) is 0 Å². The highest BCUT2D eigenvalue weighted by Gasteiger charge is 2.29. The summed E-state index contributed by atoms with van der Waals surface area (Å²) in [7, 11) is 0. The Morgan fingerprint density at radius 2 is 2.36 bits per heavy atom. The van der Waals surface area contributed by atoms with Crippen molar-refractivity contribution in [1.29, 1.82) is 0 Å². The van der Waals surface area contributed by atoms with Crippen LogP contribution in [0.2, 0.25) is 0 Å². The molecule has 1 aliphatic heterocycles. The van der Waals surface area contributed by atoms with Crippen molar-refractivity contribution in [3.05, 3.63) is 0 Å². The van der Waals surface area contributed by atoms with Gasteiger partial charge in [-0.05, 0) is 13.3 Å². The van der Waals surface area contributed by atoms with Gasteiger partial charge in [0, 0.05) is 0 Å². The Morgan fingerprint density at radius 3 is 2.82 bits per heavy atom. The number of carbonyl (C=O) groups excluding carboxylic acids is 1. The first-order valence-electron chi connectivity index (χ1n) is 4.21. The summed E-state index contributed by atoms with van der Waals surface area (Å²) in [6.07, 6.45) is 3.13. The number of alkyl carbamates (subject to hydrolysis) is 1. The van der Waals surface area contributed by atoms with E-state index in [4.69, 9.17) is 4.74 Å². The molecule has 1 saturated heterocycles. The van der Waals surface area contributed by atoms with Crippen LogP contribution in [0.5, 0.6) is 0 Å². The number of nitrogens with one attached hydrogen (secondary N) is 1. The molecule has 2 atom stereocenters. The Morgan fingerprint density at radius 1 is 1.64 bits per heavy atom. The van der Waals surface area contributed by atoms with Gasteiger partial charge in [0.25, 0.3) is 0 Å². The summed E-state index contributed by atoms with van der Waals surface area (Å²) in [5, 5.41) is 2.78. The van der Waals surface area contributed by atoms with Crippen LogP contribution in [-0.2, 0) is 4.74 Å². The lowest BCUT2D eigenvalue weighted by Crippen LogP contribution is -2.29. The first kappa shape index (κ1) is 8.37. The van der Waals surface area contributed by atoms with Crippen molar-refractivity contribution in [2.75, 3.05) is 0 Å². The molecular formula is C8H15NO2. The van der Waals surface area contributed by atoms with E-state index in [9.17, 15) is 4.79 Å². The van der Waals surface area contributed by atoms with Crippen molar-refractivity contribution < 1.29 is 9.53 Å². The predicted octanol–water partition coefficient (Wildman–Crippen LogP) is 1.67. The molecule has 1 fully saturated rings. The van der Waals surface area contributed by atoms with Crippen LogP contribution < -0.4 is 5.32 Å². The lowest BCUT2D eigenvalue weighted by molar-refractivity contribution is 0.140. The zero-order valence-electron chi connectivity index (χ0n) is 7.09. The van der Waals surface area contributed by atoms with E-state index in [1.165, 1.54) is 6.42 Å². The third-order valence-corrected chi connectivity index (χ3v) is 2.03. The van der Waals surface area contributed by atoms with Gasteiger partial charge >= 0.3 is 6.09 Å². The maximum absolute atomic E-state index is 10.7. The van der Waals surface area contributed by atoms with Crippen molar-refractivity contribution in [3.8, 4) is 0 Å². The van der Waals surface area contributed by atoms with Gasteiger partial charge in [0.05, 0.1) is 6.04 Å². The molecule has 1 aliphatic rings. The Balaban J connectivity index is 2.28. The van der Waals surface area contributed by atoms with Gasteiger partial charge in [-0.1, -0.05) is 19.8 Å². The minimum absolute atomic E-state index is 0.0500. The van der Waals surface area contributed by atoms with E-state index < -0.39 is 0 Å². The summed E-state index contributed by atoms with van der Waals surface area (Å²) >= 11 is 0. The highest BCUT2D eigenvalue weighted by molar-refractivity contribution is 5.70. The zero-order valence-corrected chi connectivity index (χ0v) is 7.09. The van der Waals surface area contributed by atoms with Crippen LogP contribution in [-0.4, -0.2) is 18.2 Å².